The van der Waals surface area contributed by atoms with E-state index >= 15 is 0 Å². The third-order valence-corrected chi connectivity index (χ3v) is 4.56. The molecule has 0 atom stereocenters. The van der Waals surface area contributed by atoms with Gasteiger partial charge in [-0.25, -0.2) is 0 Å². The van der Waals surface area contributed by atoms with Crippen LogP contribution in [0.5, 0.6) is 0 Å². The van der Waals surface area contributed by atoms with E-state index in [1.807, 2.05) is 36.4 Å². The summed E-state index contributed by atoms with van der Waals surface area (Å²) in [6.45, 7) is 0. The first kappa shape index (κ1) is 16.6. The molecule has 3 aromatic carbocycles. The lowest BCUT2D eigenvalue weighted by atomic mass is 9.99. The average Bonchev–Trinajstić information content (AvgIpc) is 2.61. The van der Waals surface area contributed by atoms with Gasteiger partial charge in [0.2, 0.25) is 0 Å². The van der Waals surface area contributed by atoms with E-state index in [0.29, 0.717) is 11.1 Å². The fourth-order valence-corrected chi connectivity index (χ4v) is 3.27. The number of thiol groups is 2. The molecule has 0 saturated carbocycles. The second-order valence-corrected chi connectivity index (χ2v) is 6.33. The number of rotatable bonds is 4. The van der Waals surface area contributed by atoms with Gasteiger partial charge in [0, 0.05) is 20.9 Å². The Morgan fingerprint density at radius 1 is 0.583 bits per heavy atom. The minimum absolute atomic E-state index is 0.607. The maximum atomic E-state index is 10.8. The van der Waals surface area contributed by atoms with Gasteiger partial charge in [-0.2, -0.15) is 0 Å². The maximum absolute atomic E-state index is 10.8. The summed E-state index contributed by atoms with van der Waals surface area (Å²) in [4.78, 5) is 23.2. The van der Waals surface area contributed by atoms with Gasteiger partial charge in [0.1, 0.15) is 12.6 Å². The largest absolute Gasteiger partial charge is 0.298 e. The first-order chi connectivity index (χ1) is 11.6. The molecule has 3 aromatic rings. The van der Waals surface area contributed by atoms with Crippen molar-refractivity contribution in [3.63, 3.8) is 0 Å². The predicted octanol–water partition coefficient (Wildman–Crippen LogP) is 5.22. The van der Waals surface area contributed by atoms with Crippen LogP contribution in [0, 0.1) is 0 Å². The van der Waals surface area contributed by atoms with Crippen LogP contribution in [-0.4, -0.2) is 12.6 Å². The Kier molecular flexibility index (Phi) is 4.88. The molecule has 0 radical (unpaired) electrons. The highest BCUT2D eigenvalue weighted by Crippen LogP contribution is 2.31. The van der Waals surface area contributed by atoms with Crippen molar-refractivity contribution >= 4 is 37.8 Å². The minimum atomic E-state index is 0.607. The molecule has 0 bridgehead atoms. The topological polar surface area (TPSA) is 34.1 Å². The van der Waals surface area contributed by atoms with Crippen LogP contribution in [-0.2, 0) is 0 Å². The highest BCUT2D eigenvalue weighted by atomic mass is 32.1. The standard InChI is InChI=1S/C20H14O2S2/c21-11-13-1-7-17(19(23)9-13)15-3-5-16(6-4-15)18-8-2-14(12-22)10-20(18)24/h1-12,23-24H. The van der Waals surface area contributed by atoms with Gasteiger partial charge >= 0.3 is 0 Å². The van der Waals surface area contributed by atoms with Crippen LogP contribution in [0.1, 0.15) is 20.7 Å². The van der Waals surface area contributed by atoms with Gasteiger partial charge in [-0.1, -0.05) is 48.5 Å². The lowest BCUT2D eigenvalue weighted by Crippen LogP contribution is -1.87. The summed E-state index contributed by atoms with van der Waals surface area (Å²) < 4.78 is 0. The van der Waals surface area contributed by atoms with Crippen molar-refractivity contribution in [2.24, 2.45) is 0 Å². The zero-order valence-corrected chi connectivity index (χ0v) is 14.4. The van der Waals surface area contributed by atoms with Gasteiger partial charge in [0.05, 0.1) is 0 Å². The van der Waals surface area contributed by atoms with Gasteiger partial charge in [0.25, 0.3) is 0 Å². The lowest BCUT2D eigenvalue weighted by Gasteiger charge is -2.09. The third-order valence-electron chi connectivity index (χ3n) is 3.82. The van der Waals surface area contributed by atoms with E-state index in [-0.39, 0.29) is 0 Å². The highest BCUT2D eigenvalue weighted by Gasteiger charge is 2.07. The molecule has 0 fully saturated rings. The van der Waals surface area contributed by atoms with Gasteiger partial charge in [-0.15, -0.1) is 25.3 Å². The van der Waals surface area contributed by atoms with Crippen LogP contribution in [0.25, 0.3) is 22.3 Å². The Balaban J connectivity index is 1.96. The van der Waals surface area contributed by atoms with Crippen LogP contribution in [0.15, 0.2) is 70.5 Å². The number of benzene rings is 3. The smallest absolute Gasteiger partial charge is 0.150 e. The van der Waals surface area contributed by atoms with Crippen molar-refractivity contribution < 1.29 is 9.59 Å². The molecule has 24 heavy (non-hydrogen) atoms. The van der Waals surface area contributed by atoms with E-state index in [1.54, 1.807) is 24.3 Å². The molecule has 0 amide bonds. The van der Waals surface area contributed by atoms with Gasteiger partial charge in [0.15, 0.2) is 0 Å². The summed E-state index contributed by atoms with van der Waals surface area (Å²) in [6, 6.07) is 18.9. The summed E-state index contributed by atoms with van der Waals surface area (Å²) in [5.74, 6) is 0. The highest BCUT2D eigenvalue weighted by molar-refractivity contribution is 7.80. The molecule has 0 unspecified atom stereocenters. The number of aldehydes is 2. The van der Waals surface area contributed by atoms with E-state index in [9.17, 15) is 9.59 Å². The van der Waals surface area contributed by atoms with Crippen LogP contribution in [0.3, 0.4) is 0 Å². The molecular formula is C20H14O2S2. The molecule has 3 rings (SSSR count). The lowest BCUT2D eigenvalue weighted by molar-refractivity contribution is 0.111. The third kappa shape index (κ3) is 3.30. The fourth-order valence-electron chi connectivity index (χ4n) is 2.56. The quantitative estimate of drug-likeness (QED) is 0.499. The summed E-state index contributed by atoms with van der Waals surface area (Å²) >= 11 is 8.93. The Morgan fingerprint density at radius 3 is 1.25 bits per heavy atom. The number of carbonyl (C=O) groups excluding carboxylic acids is 2. The molecule has 0 aliphatic rings. The van der Waals surface area contributed by atoms with Crippen molar-refractivity contribution in [2.45, 2.75) is 9.79 Å². The maximum Gasteiger partial charge on any atom is 0.150 e. The Hall–Kier alpha value is -2.30. The van der Waals surface area contributed by atoms with Crippen LogP contribution >= 0.6 is 25.3 Å². The van der Waals surface area contributed by atoms with Gasteiger partial charge in [-0.3, -0.25) is 9.59 Å². The Labute approximate surface area is 151 Å². The summed E-state index contributed by atoms with van der Waals surface area (Å²) in [7, 11) is 0. The first-order valence-corrected chi connectivity index (χ1v) is 8.19. The molecular weight excluding hydrogens is 336 g/mol. The first-order valence-electron chi connectivity index (χ1n) is 7.29. The second-order valence-electron chi connectivity index (χ2n) is 5.37. The molecule has 0 aromatic heterocycles. The number of hydrogen-bond donors (Lipinski definition) is 2. The van der Waals surface area contributed by atoms with Crippen LogP contribution in [0.2, 0.25) is 0 Å². The molecule has 4 heteroatoms. The predicted molar refractivity (Wildman–Crippen MR) is 103 cm³/mol. The molecule has 0 N–H and O–H groups in total. The van der Waals surface area contributed by atoms with Gasteiger partial charge in [-0.05, 0) is 34.4 Å². The molecule has 0 heterocycles. The number of hydrogen-bond acceptors (Lipinski definition) is 4. The van der Waals surface area contributed by atoms with Crippen LogP contribution < -0.4 is 0 Å². The van der Waals surface area contributed by atoms with Crippen molar-refractivity contribution in [1.29, 1.82) is 0 Å². The van der Waals surface area contributed by atoms with E-state index < -0.39 is 0 Å². The molecule has 0 saturated heterocycles. The molecule has 118 valence electrons. The minimum Gasteiger partial charge on any atom is -0.298 e. The monoisotopic (exact) mass is 350 g/mol. The summed E-state index contributed by atoms with van der Waals surface area (Å²) in [5, 5.41) is 0. The van der Waals surface area contributed by atoms with E-state index in [4.69, 9.17) is 0 Å². The second kappa shape index (κ2) is 7.07. The molecule has 0 aliphatic carbocycles. The fraction of sp³-hybridized carbons (Fsp3) is 0. The molecule has 2 nitrogen and oxygen atoms in total. The van der Waals surface area contributed by atoms with Crippen molar-refractivity contribution in [1.82, 2.24) is 0 Å². The van der Waals surface area contributed by atoms with Gasteiger partial charge < -0.3 is 0 Å². The molecule has 0 spiro atoms. The van der Waals surface area contributed by atoms with E-state index in [0.717, 1.165) is 44.6 Å². The van der Waals surface area contributed by atoms with Crippen molar-refractivity contribution in [3.8, 4) is 22.3 Å². The normalized spacial score (nSPS) is 10.4. The number of carbonyl (C=O) groups is 2. The summed E-state index contributed by atoms with van der Waals surface area (Å²) in [5.41, 5.74) is 5.19. The Morgan fingerprint density at radius 2 is 0.958 bits per heavy atom. The zero-order chi connectivity index (χ0) is 17.1. The Bertz CT molecular complexity index is 839. The zero-order valence-electron chi connectivity index (χ0n) is 12.6. The van der Waals surface area contributed by atoms with E-state index in [2.05, 4.69) is 25.3 Å². The van der Waals surface area contributed by atoms with Crippen LogP contribution in [0.4, 0.5) is 0 Å². The average molecular weight is 350 g/mol. The SMILES string of the molecule is O=Cc1ccc(-c2ccc(-c3ccc(C=O)cc3S)cc2)c(S)c1. The summed E-state index contributed by atoms with van der Waals surface area (Å²) in [6.07, 6.45) is 1.62. The van der Waals surface area contributed by atoms with Crippen molar-refractivity contribution in [2.75, 3.05) is 0 Å². The van der Waals surface area contributed by atoms with E-state index in [1.165, 1.54) is 0 Å². The molecule has 0 aliphatic heterocycles. The van der Waals surface area contributed by atoms with Crippen molar-refractivity contribution in [3.05, 3.63) is 71.8 Å².